The fourth-order valence-electron chi connectivity index (χ4n) is 2.71. The van der Waals surface area contributed by atoms with Gasteiger partial charge in [-0.05, 0) is 23.9 Å². The van der Waals surface area contributed by atoms with E-state index in [2.05, 4.69) is 22.9 Å². The minimum Gasteiger partial charge on any atom is -0.267 e. The number of carbonyl (C=O) groups is 2. The van der Waals surface area contributed by atoms with Crippen molar-refractivity contribution in [3.63, 3.8) is 0 Å². The van der Waals surface area contributed by atoms with Crippen LogP contribution in [-0.4, -0.2) is 21.6 Å². The van der Waals surface area contributed by atoms with E-state index in [4.69, 9.17) is 0 Å². The number of thiophene rings is 1. The third kappa shape index (κ3) is 4.22. The molecule has 0 saturated carbocycles. The van der Waals surface area contributed by atoms with E-state index in [0.717, 1.165) is 19.3 Å². The molecule has 0 unspecified atom stereocenters. The van der Waals surface area contributed by atoms with Gasteiger partial charge in [-0.2, -0.15) is 5.10 Å². The maximum absolute atomic E-state index is 12.6. The Bertz CT molecular complexity index is 1010. The van der Waals surface area contributed by atoms with Gasteiger partial charge in [0.25, 0.3) is 17.4 Å². The molecular weight excluding hydrogens is 364 g/mol. The Labute approximate surface area is 160 Å². The molecule has 0 aliphatic rings. The number of fused-ring (bicyclic) bond motifs is 1. The molecule has 27 heavy (non-hydrogen) atoms. The van der Waals surface area contributed by atoms with Crippen molar-refractivity contribution in [2.24, 2.45) is 0 Å². The predicted octanol–water partition coefficient (Wildman–Crippen LogP) is 2.72. The first-order chi connectivity index (χ1) is 13.1. The molecule has 2 heterocycles. The van der Waals surface area contributed by atoms with Crippen LogP contribution in [0.5, 0.6) is 0 Å². The lowest BCUT2D eigenvalue weighted by molar-refractivity contribution is 0.0845. The number of aromatic nitrogens is 2. The zero-order valence-electron chi connectivity index (χ0n) is 14.9. The van der Waals surface area contributed by atoms with Crippen molar-refractivity contribution in [3.8, 4) is 0 Å². The average Bonchev–Trinajstić information content (AvgIpc) is 3.23. The van der Waals surface area contributed by atoms with Crippen LogP contribution in [0.15, 0.2) is 46.6 Å². The van der Waals surface area contributed by atoms with Crippen LogP contribution < -0.4 is 16.4 Å². The summed E-state index contributed by atoms with van der Waals surface area (Å²) >= 11 is 1.27. The summed E-state index contributed by atoms with van der Waals surface area (Å²) in [5, 5.41) is 6.92. The first-order valence-electron chi connectivity index (χ1n) is 8.76. The molecule has 2 N–H and O–H groups in total. The fourth-order valence-corrected chi connectivity index (χ4v) is 3.33. The normalized spacial score (nSPS) is 10.7. The van der Waals surface area contributed by atoms with Crippen molar-refractivity contribution in [1.29, 1.82) is 0 Å². The summed E-state index contributed by atoms with van der Waals surface area (Å²) < 4.78 is 1.33. The zero-order chi connectivity index (χ0) is 19.2. The Hall–Kier alpha value is -3.00. The summed E-state index contributed by atoms with van der Waals surface area (Å²) in [6.07, 6.45) is 2.79. The Morgan fingerprint density at radius 1 is 1.04 bits per heavy atom. The van der Waals surface area contributed by atoms with Crippen LogP contribution in [0.3, 0.4) is 0 Å². The molecule has 8 heteroatoms. The van der Waals surface area contributed by atoms with Crippen LogP contribution in [0, 0.1) is 0 Å². The number of nitrogens with one attached hydrogen (secondary N) is 2. The van der Waals surface area contributed by atoms with E-state index in [-0.39, 0.29) is 11.3 Å². The molecule has 140 valence electrons. The van der Waals surface area contributed by atoms with Crippen molar-refractivity contribution in [3.05, 3.63) is 62.7 Å². The number of hydrogen-bond donors (Lipinski definition) is 2. The van der Waals surface area contributed by atoms with E-state index in [1.165, 1.54) is 16.0 Å². The van der Waals surface area contributed by atoms with Crippen LogP contribution >= 0.6 is 11.3 Å². The molecule has 2 amide bonds. The molecule has 0 fully saturated rings. The summed E-state index contributed by atoms with van der Waals surface area (Å²) in [6.45, 7) is 2.52. The summed E-state index contributed by atoms with van der Waals surface area (Å²) in [5.74, 6) is -0.973. The number of rotatable bonds is 6. The number of nitrogens with zero attached hydrogens (tertiary/aromatic N) is 2. The van der Waals surface area contributed by atoms with Gasteiger partial charge in [0.15, 0.2) is 5.69 Å². The summed E-state index contributed by atoms with van der Waals surface area (Å²) in [6, 6.07) is 10.3. The molecule has 0 saturated heterocycles. The van der Waals surface area contributed by atoms with Crippen LogP contribution in [0.1, 0.15) is 46.3 Å². The smallest absolute Gasteiger partial charge is 0.267 e. The fraction of sp³-hybridized carbons (Fsp3) is 0.263. The highest BCUT2D eigenvalue weighted by Gasteiger charge is 2.17. The average molecular weight is 384 g/mol. The second-order valence-electron chi connectivity index (χ2n) is 6.02. The SMILES string of the molecule is CCCCCn1nc(C(=O)NNC(=O)c2cccs2)c2ccccc2c1=O. The second kappa shape index (κ2) is 8.59. The predicted molar refractivity (Wildman–Crippen MR) is 105 cm³/mol. The Morgan fingerprint density at radius 2 is 1.78 bits per heavy atom. The monoisotopic (exact) mass is 384 g/mol. The minimum atomic E-state index is -0.569. The highest BCUT2D eigenvalue weighted by atomic mass is 32.1. The van der Waals surface area contributed by atoms with Gasteiger partial charge < -0.3 is 0 Å². The van der Waals surface area contributed by atoms with Gasteiger partial charge in [-0.3, -0.25) is 25.2 Å². The third-order valence-corrected chi connectivity index (χ3v) is 4.96. The lowest BCUT2D eigenvalue weighted by Crippen LogP contribution is -2.42. The van der Waals surface area contributed by atoms with Gasteiger partial charge in [-0.1, -0.05) is 44.0 Å². The van der Waals surface area contributed by atoms with Gasteiger partial charge in [-0.25, -0.2) is 4.68 Å². The Balaban J connectivity index is 1.87. The van der Waals surface area contributed by atoms with Gasteiger partial charge in [0, 0.05) is 11.9 Å². The van der Waals surface area contributed by atoms with Crippen molar-refractivity contribution in [1.82, 2.24) is 20.6 Å². The van der Waals surface area contributed by atoms with E-state index < -0.39 is 11.8 Å². The van der Waals surface area contributed by atoms with E-state index >= 15 is 0 Å². The number of carbonyl (C=O) groups excluding carboxylic acids is 2. The maximum atomic E-state index is 12.6. The standard InChI is InChI=1S/C19H20N4O3S/c1-2-3-6-11-23-19(26)14-9-5-4-8-13(14)16(22-23)18(25)21-20-17(24)15-10-7-12-27-15/h4-5,7-10,12H,2-3,6,11H2,1H3,(H,20,24)(H,21,25). The van der Waals surface area contributed by atoms with Gasteiger partial charge in [0.05, 0.1) is 10.3 Å². The summed E-state index contributed by atoms with van der Waals surface area (Å²) in [5.41, 5.74) is 4.65. The topological polar surface area (TPSA) is 93.1 Å². The first kappa shape index (κ1) is 18.8. The molecule has 2 aromatic heterocycles. The lowest BCUT2D eigenvalue weighted by Gasteiger charge is -2.11. The zero-order valence-corrected chi connectivity index (χ0v) is 15.7. The van der Waals surface area contributed by atoms with E-state index in [9.17, 15) is 14.4 Å². The van der Waals surface area contributed by atoms with Gasteiger partial charge >= 0.3 is 0 Å². The van der Waals surface area contributed by atoms with Crippen LogP contribution in [0.25, 0.3) is 10.8 Å². The first-order valence-corrected chi connectivity index (χ1v) is 9.64. The van der Waals surface area contributed by atoms with Crippen molar-refractivity contribution < 1.29 is 9.59 Å². The van der Waals surface area contributed by atoms with Crippen LogP contribution in [0.4, 0.5) is 0 Å². The molecule has 7 nitrogen and oxygen atoms in total. The van der Waals surface area contributed by atoms with Gasteiger partial charge in [-0.15, -0.1) is 11.3 Å². The maximum Gasteiger partial charge on any atom is 0.290 e. The molecule has 1 aromatic carbocycles. The number of benzene rings is 1. The summed E-state index contributed by atoms with van der Waals surface area (Å²) in [7, 11) is 0. The molecule has 3 rings (SSSR count). The minimum absolute atomic E-state index is 0.105. The van der Waals surface area contributed by atoms with E-state index in [1.54, 1.807) is 41.8 Å². The molecule has 3 aromatic rings. The highest BCUT2D eigenvalue weighted by Crippen LogP contribution is 2.13. The lowest BCUT2D eigenvalue weighted by atomic mass is 10.1. The number of hydrazine groups is 1. The number of amides is 2. The molecule has 0 aliphatic heterocycles. The van der Waals surface area contributed by atoms with Gasteiger partial charge in [0.1, 0.15) is 0 Å². The van der Waals surface area contributed by atoms with Crippen LogP contribution in [-0.2, 0) is 6.54 Å². The summed E-state index contributed by atoms with van der Waals surface area (Å²) in [4.78, 5) is 37.7. The Kier molecular flexibility index (Phi) is 5.97. The van der Waals surface area contributed by atoms with E-state index in [1.807, 2.05) is 0 Å². The third-order valence-electron chi connectivity index (χ3n) is 4.09. The number of unbranched alkanes of at least 4 members (excludes halogenated alkanes) is 2. The highest BCUT2D eigenvalue weighted by molar-refractivity contribution is 7.12. The molecule has 0 radical (unpaired) electrons. The number of hydrogen-bond acceptors (Lipinski definition) is 5. The molecule has 0 spiro atoms. The largest absolute Gasteiger partial charge is 0.290 e. The quantitative estimate of drug-likeness (QED) is 0.505. The molecular formula is C19H20N4O3S. The van der Waals surface area contributed by atoms with Crippen LogP contribution in [0.2, 0.25) is 0 Å². The molecule has 0 atom stereocenters. The number of aryl methyl sites for hydroxylation is 1. The molecule has 0 aliphatic carbocycles. The van der Waals surface area contributed by atoms with Crippen molar-refractivity contribution >= 4 is 33.9 Å². The van der Waals surface area contributed by atoms with Crippen molar-refractivity contribution in [2.45, 2.75) is 32.7 Å². The molecule has 0 bridgehead atoms. The van der Waals surface area contributed by atoms with E-state index in [0.29, 0.717) is 22.2 Å². The van der Waals surface area contributed by atoms with Crippen molar-refractivity contribution in [2.75, 3.05) is 0 Å². The van der Waals surface area contributed by atoms with Gasteiger partial charge in [0.2, 0.25) is 0 Å². The second-order valence-corrected chi connectivity index (χ2v) is 6.96. The Morgan fingerprint density at radius 3 is 2.48 bits per heavy atom.